The highest BCUT2D eigenvalue weighted by Crippen LogP contribution is 2.39. The molecule has 3 amide bonds. The Balaban J connectivity index is 1.42. The summed E-state index contributed by atoms with van der Waals surface area (Å²) in [5.41, 5.74) is 0.124. The third kappa shape index (κ3) is 4.63. The predicted molar refractivity (Wildman–Crippen MR) is 119 cm³/mol. The molecule has 11 heteroatoms. The van der Waals surface area contributed by atoms with E-state index in [2.05, 4.69) is 10.6 Å². The Kier molecular flexibility index (Phi) is 6.35. The molecule has 8 nitrogen and oxygen atoms in total. The molecule has 2 aliphatic heterocycles. The van der Waals surface area contributed by atoms with Gasteiger partial charge in [0.1, 0.15) is 11.4 Å². The Hall–Kier alpha value is -2.76. The lowest BCUT2D eigenvalue weighted by atomic mass is 10.0. The third-order valence-electron chi connectivity index (χ3n) is 4.65. The summed E-state index contributed by atoms with van der Waals surface area (Å²) >= 11 is 3.57. The number of thiophene rings is 1. The van der Waals surface area contributed by atoms with Gasteiger partial charge >= 0.3 is 5.97 Å². The number of nitrogens with zero attached hydrogens (tertiary/aromatic N) is 1. The number of rotatable bonds is 6. The molecule has 1 saturated heterocycles. The second kappa shape index (κ2) is 9.16. The smallest absolute Gasteiger partial charge is 0.332 e. The van der Waals surface area contributed by atoms with E-state index in [0.29, 0.717) is 4.90 Å². The van der Waals surface area contributed by atoms with Crippen molar-refractivity contribution in [3.8, 4) is 0 Å². The SMILES string of the molecule is O=C(Cc1cccs1)NC1C(=O)N2C(C(=O)O)C(NC(=O)Sc3ccccc3)=CS[C@H]12. The number of hydrogen-bond acceptors (Lipinski definition) is 7. The molecular formula is C20H17N3O5S3. The van der Waals surface area contributed by atoms with Crippen LogP contribution in [-0.2, 0) is 20.8 Å². The molecule has 0 radical (unpaired) electrons. The first-order chi connectivity index (χ1) is 14.9. The van der Waals surface area contributed by atoms with Crippen LogP contribution in [0, 0.1) is 0 Å². The number of thioether (sulfide) groups is 2. The Morgan fingerprint density at radius 1 is 1.13 bits per heavy atom. The number of carbonyl (C=O) groups excluding carboxylic acids is 3. The number of amides is 3. The summed E-state index contributed by atoms with van der Waals surface area (Å²) < 4.78 is 0. The van der Waals surface area contributed by atoms with Crippen LogP contribution in [-0.4, -0.2) is 50.5 Å². The number of carboxylic acid groups (broad SMARTS) is 1. The third-order valence-corrected chi connectivity index (χ3v) is 7.49. The Labute approximate surface area is 190 Å². The summed E-state index contributed by atoms with van der Waals surface area (Å²) in [5.74, 6) is -2.03. The van der Waals surface area contributed by atoms with Crippen LogP contribution in [0.4, 0.5) is 4.79 Å². The van der Waals surface area contributed by atoms with Crippen molar-refractivity contribution in [3.63, 3.8) is 0 Å². The number of aliphatic carboxylic acids is 1. The van der Waals surface area contributed by atoms with Gasteiger partial charge < -0.3 is 20.6 Å². The molecule has 0 spiro atoms. The second-order valence-corrected chi connectivity index (χ2v) is 9.78. The highest BCUT2D eigenvalue weighted by molar-refractivity contribution is 8.13. The molecule has 4 rings (SSSR count). The molecule has 0 saturated carbocycles. The highest BCUT2D eigenvalue weighted by atomic mass is 32.2. The fourth-order valence-corrected chi connectivity index (χ4v) is 5.83. The van der Waals surface area contributed by atoms with Gasteiger partial charge in [0, 0.05) is 9.77 Å². The fraction of sp³-hybridized carbons (Fsp3) is 0.200. The van der Waals surface area contributed by atoms with Crippen LogP contribution in [0.2, 0.25) is 0 Å². The predicted octanol–water partition coefficient (Wildman–Crippen LogP) is 2.49. The molecule has 2 aliphatic rings. The average Bonchev–Trinajstić information content (AvgIpc) is 3.25. The lowest BCUT2D eigenvalue weighted by Gasteiger charge is -2.51. The van der Waals surface area contributed by atoms with Crippen LogP contribution in [0.1, 0.15) is 4.88 Å². The summed E-state index contributed by atoms with van der Waals surface area (Å²) in [6.07, 6.45) is 0.162. The van der Waals surface area contributed by atoms with Crippen LogP contribution in [0.25, 0.3) is 0 Å². The number of nitrogens with one attached hydrogen (secondary N) is 2. The molecule has 3 atom stereocenters. The Morgan fingerprint density at radius 3 is 2.58 bits per heavy atom. The van der Waals surface area contributed by atoms with E-state index in [0.717, 1.165) is 16.6 Å². The van der Waals surface area contributed by atoms with Gasteiger partial charge in [-0.3, -0.25) is 14.4 Å². The summed E-state index contributed by atoms with van der Waals surface area (Å²) in [6.45, 7) is 0. The zero-order valence-electron chi connectivity index (χ0n) is 15.9. The molecule has 1 fully saturated rings. The number of β-lactam (4-membered cyclic amide) rings is 1. The van der Waals surface area contributed by atoms with E-state index >= 15 is 0 Å². The first-order valence-electron chi connectivity index (χ1n) is 9.20. The first kappa shape index (κ1) is 21.5. The molecule has 2 unspecified atom stereocenters. The maximum atomic E-state index is 12.7. The lowest BCUT2D eigenvalue weighted by Crippen LogP contribution is -2.74. The van der Waals surface area contributed by atoms with E-state index in [4.69, 9.17) is 0 Å². The van der Waals surface area contributed by atoms with E-state index in [1.807, 2.05) is 23.6 Å². The van der Waals surface area contributed by atoms with E-state index in [1.165, 1.54) is 33.4 Å². The standard InChI is InChI=1S/C20H17N3O5S3/c24-14(9-12-7-4-8-29-12)22-15-17(25)23-16(19(26)27)13(10-30-18(15)23)21-20(28)31-11-5-2-1-3-6-11/h1-8,10,15-16,18H,9H2,(H,21,28)(H,22,24)(H,26,27)/t15?,16?,18-/m1/s1. The van der Waals surface area contributed by atoms with Crippen LogP contribution < -0.4 is 10.6 Å². The molecule has 31 heavy (non-hydrogen) atoms. The van der Waals surface area contributed by atoms with Crippen LogP contribution in [0.15, 0.2) is 63.8 Å². The number of carboxylic acids is 1. The zero-order chi connectivity index (χ0) is 22.0. The van der Waals surface area contributed by atoms with Crippen molar-refractivity contribution in [3.05, 3.63) is 63.8 Å². The van der Waals surface area contributed by atoms with Crippen LogP contribution >= 0.6 is 34.9 Å². The lowest BCUT2D eigenvalue weighted by molar-refractivity contribution is -0.160. The van der Waals surface area contributed by atoms with Crippen LogP contribution in [0.5, 0.6) is 0 Å². The number of carbonyl (C=O) groups is 4. The number of fused-ring (bicyclic) bond motifs is 1. The zero-order valence-corrected chi connectivity index (χ0v) is 18.3. The van der Waals surface area contributed by atoms with Gasteiger partial charge in [0.05, 0.1) is 12.1 Å². The van der Waals surface area contributed by atoms with E-state index in [9.17, 15) is 24.3 Å². The van der Waals surface area contributed by atoms with Crippen molar-refractivity contribution in [2.45, 2.75) is 28.8 Å². The van der Waals surface area contributed by atoms with Gasteiger partial charge in [0.25, 0.3) is 5.24 Å². The van der Waals surface area contributed by atoms with Gasteiger partial charge in [-0.2, -0.15) is 0 Å². The molecule has 2 aromatic rings. The van der Waals surface area contributed by atoms with Crippen molar-refractivity contribution in [2.24, 2.45) is 0 Å². The summed E-state index contributed by atoms with van der Waals surface area (Å²) in [6, 6.07) is 10.5. The molecule has 0 bridgehead atoms. The van der Waals surface area contributed by atoms with E-state index in [-0.39, 0.29) is 18.0 Å². The quantitative estimate of drug-likeness (QED) is 0.434. The minimum Gasteiger partial charge on any atom is -0.479 e. The van der Waals surface area contributed by atoms with E-state index in [1.54, 1.807) is 24.3 Å². The second-order valence-electron chi connectivity index (χ2n) is 6.72. The Morgan fingerprint density at radius 2 is 1.90 bits per heavy atom. The molecule has 0 aliphatic carbocycles. The molecule has 1 aromatic carbocycles. The van der Waals surface area contributed by atoms with Gasteiger partial charge in [0.15, 0.2) is 6.04 Å². The van der Waals surface area contributed by atoms with Crippen molar-refractivity contribution in [1.29, 1.82) is 0 Å². The van der Waals surface area contributed by atoms with Crippen molar-refractivity contribution >= 4 is 57.9 Å². The number of hydrogen-bond donors (Lipinski definition) is 3. The van der Waals surface area contributed by atoms with Gasteiger partial charge in [-0.05, 0) is 40.7 Å². The topological polar surface area (TPSA) is 116 Å². The molecule has 3 heterocycles. The maximum Gasteiger partial charge on any atom is 0.332 e. The normalized spacial score (nSPS) is 22.1. The summed E-state index contributed by atoms with van der Waals surface area (Å²) in [4.78, 5) is 51.9. The molecule has 3 N–H and O–H groups in total. The largest absolute Gasteiger partial charge is 0.479 e. The minimum atomic E-state index is -1.32. The fourth-order valence-electron chi connectivity index (χ4n) is 3.28. The van der Waals surface area contributed by atoms with Gasteiger partial charge in [0.2, 0.25) is 11.8 Å². The van der Waals surface area contributed by atoms with Gasteiger partial charge in [-0.15, -0.1) is 23.1 Å². The van der Waals surface area contributed by atoms with Crippen molar-refractivity contribution in [2.75, 3.05) is 0 Å². The monoisotopic (exact) mass is 475 g/mol. The summed E-state index contributed by atoms with van der Waals surface area (Å²) in [7, 11) is 0. The van der Waals surface area contributed by atoms with Crippen molar-refractivity contribution in [1.82, 2.24) is 15.5 Å². The molecule has 160 valence electrons. The van der Waals surface area contributed by atoms with Crippen molar-refractivity contribution < 1.29 is 24.3 Å². The number of benzene rings is 1. The minimum absolute atomic E-state index is 0.124. The maximum absolute atomic E-state index is 12.7. The highest BCUT2D eigenvalue weighted by Gasteiger charge is 2.56. The molecular weight excluding hydrogens is 458 g/mol. The van der Waals surface area contributed by atoms with Gasteiger partial charge in [-0.1, -0.05) is 24.3 Å². The summed E-state index contributed by atoms with van der Waals surface area (Å²) in [5, 5.41) is 17.4. The van der Waals surface area contributed by atoms with Gasteiger partial charge in [-0.25, -0.2) is 4.79 Å². The molecule has 1 aromatic heterocycles. The van der Waals surface area contributed by atoms with E-state index < -0.39 is 34.6 Å². The Bertz CT molecular complexity index is 1040. The average molecular weight is 476 g/mol. The van der Waals surface area contributed by atoms with Crippen LogP contribution in [0.3, 0.4) is 0 Å². The first-order valence-corrected chi connectivity index (χ1v) is 11.8.